The predicted molar refractivity (Wildman–Crippen MR) is 93.6 cm³/mol. The topological polar surface area (TPSA) is 60.4 Å². The molecule has 0 heterocycles. The molecule has 0 spiro atoms. The normalized spacial score (nSPS) is 17.2. The minimum absolute atomic E-state index is 0.0709. The third-order valence-corrected chi connectivity index (χ3v) is 5.00. The molecule has 1 aliphatic rings. The van der Waals surface area contributed by atoms with Crippen LogP contribution in [0.3, 0.4) is 0 Å². The summed E-state index contributed by atoms with van der Waals surface area (Å²) in [7, 11) is -3.94. The van der Waals surface area contributed by atoms with Crippen molar-refractivity contribution in [3.05, 3.63) is 70.1 Å². The van der Waals surface area contributed by atoms with Gasteiger partial charge in [0.05, 0.1) is 11.0 Å². The van der Waals surface area contributed by atoms with Crippen molar-refractivity contribution in [3.63, 3.8) is 0 Å². The van der Waals surface area contributed by atoms with Gasteiger partial charge in [0.2, 0.25) is 0 Å². The van der Waals surface area contributed by atoms with Gasteiger partial charge in [0.25, 0.3) is 0 Å². The number of hydrogen-bond donors (Lipinski definition) is 0. The van der Waals surface area contributed by atoms with E-state index >= 15 is 0 Å². The Hall–Kier alpha value is -2.40. The lowest BCUT2D eigenvalue weighted by molar-refractivity contribution is 0.0989. The van der Waals surface area contributed by atoms with Gasteiger partial charge in [0, 0.05) is 6.42 Å². The van der Waals surface area contributed by atoms with Crippen molar-refractivity contribution in [2.24, 2.45) is 0 Å². The first-order valence-electron chi connectivity index (χ1n) is 7.72. The standard InChI is InChI=1S/C19H18O4S/c1-13-8-9-17(19-16(20)12-14(2)18(13)19)23-24(21,22)11-10-15-6-4-3-5-7-15/h3-11,14H,12H2,1-2H3/b11-10+. The van der Waals surface area contributed by atoms with E-state index in [4.69, 9.17) is 4.18 Å². The van der Waals surface area contributed by atoms with E-state index in [1.54, 1.807) is 24.3 Å². The van der Waals surface area contributed by atoms with Crippen molar-refractivity contribution in [1.82, 2.24) is 0 Å². The zero-order valence-electron chi connectivity index (χ0n) is 13.5. The molecule has 0 saturated heterocycles. The molecule has 24 heavy (non-hydrogen) atoms. The lowest BCUT2D eigenvalue weighted by Gasteiger charge is -2.12. The van der Waals surface area contributed by atoms with Crippen LogP contribution in [0, 0.1) is 6.92 Å². The molecule has 5 heteroatoms. The highest BCUT2D eigenvalue weighted by molar-refractivity contribution is 7.90. The van der Waals surface area contributed by atoms with E-state index in [-0.39, 0.29) is 17.5 Å². The third kappa shape index (κ3) is 3.26. The average Bonchev–Trinajstić information content (AvgIpc) is 2.85. The number of Topliss-reactive ketones (excluding diaryl/α,β-unsaturated/α-hetero) is 1. The van der Waals surface area contributed by atoms with Gasteiger partial charge >= 0.3 is 10.1 Å². The monoisotopic (exact) mass is 342 g/mol. The summed E-state index contributed by atoms with van der Waals surface area (Å²) in [6.07, 6.45) is 1.85. The first-order valence-corrected chi connectivity index (χ1v) is 9.19. The highest BCUT2D eigenvalue weighted by Gasteiger charge is 2.32. The van der Waals surface area contributed by atoms with Gasteiger partial charge in [0.1, 0.15) is 0 Å². The smallest absolute Gasteiger partial charge is 0.332 e. The van der Waals surface area contributed by atoms with Gasteiger partial charge in [-0.05, 0) is 41.7 Å². The molecule has 1 unspecified atom stereocenters. The Morgan fingerprint density at radius 1 is 1.12 bits per heavy atom. The Morgan fingerprint density at radius 3 is 2.54 bits per heavy atom. The van der Waals surface area contributed by atoms with Crippen LogP contribution < -0.4 is 4.18 Å². The van der Waals surface area contributed by atoms with Gasteiger partial charge in [-0.2, -0.15) is 8.42 Å². The lowest BCUT2D eigenvalue weighted by atomic mass is 9.98. The Morgan fingerprint density at radius 2 is 1.83 bits per heavy atom. The second kappa shape index (κ2) is 6.24. The number of carbonyl (C=O) groups is 1. The van der Waals surface area contributed by atoms with Crippen LogP contribution in [-0.2, 0) is 10.1 Å². The molecule has 124 valence electrons. The summed E-state index contributed by atoms with van der Waals surface area (Å²) in [6.45, 7) is 3.88. The largest absolute Gasteiger partial charge is 0.379 e. The Balaban J connectivity index is 1.92. The molecular formula is C19H18O4S. The molecular weight excluding hydrogens is 324 g/mol. The summed E-state index contributed by atoms with van der Waals surface area (Å²) in [5, 5.41) is 1.01. The zero-order chi connectivity index (χ0) is 17.3. The summed E-state index contributed by atoms with van der Waals surface area (Å²) in [5.41, 5.74) is 3.02. The number of aryl methyl sites for hydroxylation is 1. The Bertz CT molecular complexity index is 912. The molecule has 2 aromatic rings. The number of benzene rings is 2. The van der Waals surface area contributed by atoms with E-state index in [0.29, 0.717) is 12.0 Å². The summed E-state index contributed by atoms with van der Waals surface area (Å²) in [6, 6.07) is 12.4. The SMILES string of the molecule is Cc1ccc(OS(=O)(=O)/C=C/c2ccccc2)c2c1C(C)CC2=O. The number of rotatable bonds is 4. The van der Waals surface area contributed by atoms with Crippen molar-refractivity contribution in [2.45, 2.75) is 26.2 Å². The Labute approximate surface area is 141 Å². The molecule has 1 atom stereocenters. The summed E-state index contributed by atoms with van der Waals surface area (Å²) < 4.78 is 29.7. The minimum Gasteiger partial charge on any atom is -0.379 e. The van der Waals surface area contributed by atoms with Gasteiger partial charge in [-0.15, -0.1) is 0 Å². The molecule has 1 aliphatic carbocycles. The highest BCUT2D eigenvalue weighted by Crippen LogP contribution is 2.40. The van der Waals surface area contributed by atoms with Gasteiger partial charge in [-0.1, -0.05) is 43.3 Å². The highest BCUT2D eigenvalue weighted by atomic mass is 32.2. The maximum atomic E-state index is 12.2. The van der Waals surface area contributed by atoms with Crippen LogP contribution >= 0.6 is 0 Å². The first-order chi connectivity index (χ1) is 11.4. The lowest BCUT2D eigenvalue weighted by Crippen LogP contribution is -2.08. The van der Waals surface area contributed by atoms with Crippen LogP contribution in [0.4, 0.5) is 0 Å². The number of carbonyl (C=O) groups excluding carboxylic acids is 1. The Kier molecular flexibility index (Phi) is 4.28. The molecule has 2 aromatic carbocycles. The van der Waals surface area contributed by atoms with E-state index < -0.39 is 10.1 Å². The van der Waals surface area contributed by atoms with Crippen molar-refractivity contribution >= 4 is 22.0 Å². The molecule has 0 bridgehead atoms. The molecule has 0 aliphatic heterocycles. The van der Waals surface area contributed by atoms with Crippen LogP contribution in [-0.4, -0.2) is 14.2 Å². The maximum absolute atomic E-state index is 12.2. The van der Waals surface area contributed by atoms with Gasteiger partial charge in [-0.25, -0.2) is 0 Å². The fourth-order valence-electron chi connectivity index (χ4n) is 3.06. The van der Waals surface area contributed by atoms with E-state index in [1.165, 1.54) is 6.08 Å². The number of fused-ring (bicyclic) bond motifs is 1. The van der Waals surface area contributed by atoms with E-state index in [0.717, 1.165) is 22.1 Å². The van der Waals surface area contributed by atoms with Gasteiger partial charge in [0.15, 0.2) is 11.5 Å². The predicted octanol–water partition coefficient (Wildman–Crippen LogP) is 4.06. The van der Waals surface area contributed by atoms with Crippen molar-refractivity contribution in [2.75, 3.05) is 0 Å². The van der Waals surface area contributed by atoms with Crippen LogP contribution in [0.1, 0.15) is 46.3 Å². The molecule has 0 radical (unpaired) electrons. The minimum atomic E-state index is -3.94. The third-order valence-electron chi connectivity index (χ3n) is 4.12. The van der Waals surface area contributed by atoms with E-state index in [2.05, 4.69) is 0 Å². The van der Waals surface area contributed by atoms with E-state index in [1.807, 2.05) is 32.0 Å². The van der Waals surface area contributed by atoms with Crippen LogP contribution in [0.5, 0.6) is 5.75 Å². The number of hydrogen-bond acceptors (Lipinski definition) is 4. The molecule has 3 rings (SSSR count). The van der Waals surface area contributed by atoms with Crippen LogP contribution in [0.2, 0.25) is 0 Å². The van der Waals surface area contributed by atoms with Crippen molar-refractivity contribution in [3.8, 4) is 5.75 Å². The molecule has 0 amide bonds. The fraction of sp³-hybridized carbons (Fsp3) is 0.211. The van der Waals surface area contributed by atoms with Crippen LogP contribution in [0.25, 0.3) is 6.08 Å². The fourth-order valence-corrected chi connectivity index (χ4v) is 3.83. The summed E-state index contributed by atoms with van der Waals surface area (Å²) in [4.78, 5) is 12.2. The molecule has 0 N–H and O–H groups in total. The number of ketones is 1. The quantitative estimate of drug-likeness (QED) is 0.786. The molecule has 0 aromatic heterocycles. The van der Waals surface area contributed by atoms with Crippen molar-refractivity contribution < 1.29 is 17.4 Å². The average molecular weight is 342 g/mol. The van der Waals surface area contributed by atoms with Crippen molar-refractivity contribution in [1.29, 1.82) is 0 Å². The summed E-state index contributed by atoms with van der Waals surface area (Å²) in [5.74, 6) is 0.125. The first kappa shape index (κ1) is 16.5. The van der Waals surface area contributed by atoms with Gasteiger partial charge < -0.3 is 4.18 Å². The second-order valence-electron chi connectivity index (χ2n) is 5.99. The summed E-state index contributed by atoms with van der Waals surface area (Å²) >= 11 is 0. The molecule has 4 nitrogen and oxygen atoms in total. The molecule has 0 fully saturated rings. The zero-order valence-corrected chi connectivity index (χ0v) is 14.3. The van der Waals surface area contributed by atoms with E-state index in [9.17, 15) is 13.2 Å². The van der Waals surface area contributed by atoms with Crippen LogP contribution in [0.15, 0.2) is 47.9 Å². The maximum Gasteiger partial charge on any atom is 0.332 e. The van der Waals surface area contributed by atoms with Gasteiger partial charge in [-0.3, -0.25) is 4.79 Å². The molecule has 0 saturated carbocycles. The second-order valence-corrected chi connectivity index (χ2v) is 7.41.